The van der Waals surface area contributed by atoms with E-state index in [0.717, 1.165) is 0 Å². The lowest BCUT2D eigenvalue weighted by atomic mass is 10.2. The van der Waals surface area contributed by atoms with Crippen molar-refractivity contribution in [3.8, 4) is 5.75 Å². The Labute approximate surface area is 143 Å². The highest BCUT2D eigenvalue weighted by Crippen LogP contribution is 2.25. The number of methoxy groups -OCH3 is 1. The molecule has 2 aromatic rings. The first-order valence-electron chi connectivity index (χ1n) is 6.55. The van der Waals surface area contributed by atoms with Crippen LogP contribution in [0.1, 0.15) is 10.4 Å². The number of amides is 1. The zero-order chi connectivity index (χ0) is 16.8. The number of carbonyl (C=O) groups is 2. The van der Waals surface area contributed by atoms with Crippen molar-refractivity contribution >= 4 is 40.8 Å². The molecule has 5 nitrogen and oxygen atoms in total. The van der Waals surface area contributed by atoms with Crippen molar-refractivity contribution in [3.05, 3.63) is 58.1 Å². The summed E-state index contributed by atoms with van der Waals surface area (Å²) in [4.78, 5) is 23.1. The first-order chi connectivity index (χ1) is 11.0. The van der Waals surface area contributed by atoms with Gasteiger partial charge < -0.3 is 14.8 Å². The van der Waals surface area contributed by atoms with Gasteiger partial charge in [0.1, 0.15) is 5.75 Å². The van der Waals surface area contributed by atoms with Gasteiger partial charge in [-0.25, -0.2) is 4.79 Å². The molecule has 0 bridgehead atoms. The number of rotatable bonds is 5. The fourth-order valence-corrected chi connectivity index (χ4v) is 2.02. The highest BCUT2D eigenvalue weighted by atomic mass is 35.5. The summed E-state index contributed by atoms with van der Waals surface area (Å²) >= 11 is 11.7. The number of carbonyl (C=O) groups excluding carboxylic acids is 2. The smallest absolute Gasteiger partial charge is 0.337 e. The maximum Gasteiger partial charge on any atom is 0.337 e. The standard InChI is InChI=1S/C16H13Cl2NO4/c1-22-16(21)10-2-5-12(6-3-10)23-9-15(20)19-11-4-7-13(17)14(18)8-11/h2-8H,9H2,1H3,(H,19,20). The van der Waals surface area contributed by atoms with Crippen LogP contribution in [0.25, 0.3) is 0 Å². The van der Waals surface area contributed by atoms with Gasteiger partial charge in [0.05, 0.1) is 22.7 Å². The molecule has 0 heterocycles. The lowest BCUT2D eigenvalue weighted by Crippen LogP contribution is -2.20. The first kappa shape index (κ1) is 17.1. The van der Waals surface area contributed by atoms with Crippen LogP contribution in [0.5, 0.6) is 5.75 Å². The second kappa shape index (κ2) is 7.85. The summed E-state index contributed by atoms with van der Waals surface area (Å²) in [7, 11) is 1.31. The lowest BCUT2D eigenvalue weighted by molar-refractivity contribution is -0.118. The van der Waals surface area contributed by atoms with E-state index in [1.54, 1.807) is 42.5 Å². The molecule has 0 saturated heterocycles. The van der Waals surface area contributed by atoms with E-state index in [9.17, 15) is 9.59 Å². The summed E-state index contributed by atoms with van der Waals surface area (Å²) in [5.41, 5.74) is 0.925. The van der Waals surface area contributed by atoms with Crippen LogP contribution in [0.3, 0.4) is 0 Å². The Balaban J connectivity index is 1.88. The highest BCUT2D eigenvalue weighted by Gasteiger charge is 2.07. The molecule has 0 aliphatic heterocycles. The summed E-state index contributed by atoms with van der Waals surface area (Å²) in [5, 5.41) is 3.40. The fraction of sp³-hybridized carbons (Fsp3) is 0.125. The number of esters is 1. The minimum atomic E-state index is -0.436. The maximum atomic E-state index is 11.8. The van der Waals surface area contributed by atoms with Crippen LogP contribution in [0.15, 0.2) is 42.5 Å². The van der Waals surface area contributed by atoms with Crippen LogP contribution in [-0.4, -0.2) is 25.6 Å². The molecule has 0 fully saturated rings. The van der Waals surface area contributed by atoms with E-state index >= 15 is 0 Å². The van der Waals surface area contributed by atoms with E-state index in [4.69, 9.17) is 27.9 Å². The molecule has 120 valence electrons. The van der Waals surface area contributed by atoms with E-state index in [1.165, 1.54) is 7.11 Å². The second-order valence-electron chi connectivity index (χ2n) is 4.48. The molecule has 0 radical (unpaired) electrons. The van der Waals surface area contributed by atoms with Gasteiger partial charge in [-0.1, -0.05) is 23.2 Å². The molecule has 0 aliphatic rings. The molecule has 0 atom stereocenters. The average Bonchev–Trinajstić information content (AvgIpc) is 2.56. The molecule has 23 heavy (non-hydrogen) atoms. The van der Waals surface area contributed by atoms with Crippen molar-refractivity contribution in [1.29, 1.82) is 0 Å². The van der Waals surface area contributed by atoms with Crippen LogP contribution in [0.2, 0.25) is 10.0 Å². The summed E-state index contributed by atoms with van der Waals surface area (Å²) < 4.78 is 9.93. The Morgan fingerprint density at radius 2 is 1.74 bits per heavy atom. The average molecular weight is 354 g/mol. The van der Waals surface area contributed by atoms with Gasteiger partial charge >= 0.3 is 5.97 Å². The molecule has 0 spiro atoms. The van der Waals surface area contributed by atoms with Gasteiger partial charge in [-0.15, -0.1) is 0 Å². The van der Waals surface area contributed by atoms with E-state index in [2.05, 4.69) is 10.1 Å². The van der Waals surface area contributed by atoms with Gasteiger partial charge in [-0.2, -0.15) is 0 Å². The molecule has 1 amide bonds. The van der Waals surface area contributed by atoms with Crippen molar-refractivity contribution in [3.63, 3.8) is 0 Å². The zero-order valence-corrected chi connectivity index (χ0v) is 13.6. The van der Waals surface area contributed by atoms with Crippen molar-refractivity contribution in [2.75, 3.05) is 19.0 Å². The molecule has 0 aromatic heterocycles. The van der Waals surface area contributed by atoms with Crippen LogP contribution >= 0.6 is 23.2 Å². The fourth-order valence-electron chi connectivity index (χ4n) is 1.72. The van der Waals surface area contributed by atoms with E-state index in [1.807, 2.05) is 0 Å². The van der Waals surface area contributed by atoms with Crippen LogP contribution in [0.4, 0.5) is 5.69 Å². The van der Waals surface area contributed by atoms with Gasteiger partial charge in [-0.05, 0) is 42.5 Å². The third kappa shape index (κ3) is 4.87. The summed E-state index contributed by atoms with van der Waals surface area (Å²) in [5.74, 6) is -0.323. The van der Waals surface area contributed by atoms with Gasteiger partial charge in [-0.3, -0.25) is 4.79 Å². The Morgan fingerprint density at radius 1 is 1.04 bits per heavy atom. The number of nitrogens with one attached hydrogen (secondary N) is 1. The quantitative estimate of drug-likeness (QED) is 0.830. The van der Waals surface area contributed by atoms with E-state index in [0.29, 0.717) is 27.0 Å². The van der Waals surface area contributed by atoms with Crippen molar-refractivity contribution < 1.29 is 19.1 Å². The molecule has 2 aromatic carbocycles. The highest BCUT2D eigenvalue weighted by molar-refractivity contribution is 6.42. The Bertz CT molecular complexity index is 717. The third-order valence-corrected chi connectivity index (χ3v) is 3.59. The number of ether oxygens (including phenoxy) is 2. The molecule has 0 saturated carbocycles. The molecule has 0 aliphatic carbocycles. The lowest BCUT2D eigenvalue weighted by Gasteiger charge is -2.08. The largest absolute Gasteiger partial charge is 0.484 e. The SMILES string of the molecule is COC(=O)c1ccc(OCC(=O)Nc2ccc(Cl)c(Cl)c2)cc1. The normalized spacial score (nSPS) is 10.0. The van der Waals surface area contributed by atoms with Crippen molar-refractivity contribution in [1.82, 2.24) is 0 Å². The zero-order valence-electron chi connectivity index (χ0n) is 12.1. The van der Waals surface area contributed by atoms with Gasteiger partial charge in [0, 0.05) is 5.69 Å². The molecule has 2 rings (SSSR count). The number of benzene rings is 2. The van der Waals surface area contributed by atoms with Crippen molar-refractivity contribution in [2.45, 2.75) is 0 Å². The Kier molecular flexibility index (Phi) is 5.84. The summed E-state index contributed by atoms with van der Waals surface area (Å²) in [6.07, 6.45) is 0. The predicted octanol–water partition coefficient (Wildman–Crippen LogP) is 3.80. The maximum absolute atomic E-state index is 11.8. The molecular weight excluding hydrogens is 341 g/mol. The van der Waals surface area contributed by atoms with Crippen molar-refractivity contribution in [2.24, 2.45) is 0 Å². The second-order valence-corrected chi connectivity index (χ2v) is 5.30. The Hall–Kier alpha value is -2.24. The van der Waals surface area contributed by atoms with Gasteiger partial charge in [0.25, 0.3) is 5.91 Å². The minimum Gasteiger partial charge on any atom is -0.484 e. The monoisotopic (exact) mass is 353 g/mol. The minimum absolute atomic E-state index is 0.183. The molecule has 1 N–H and O–H groups in total. The van der Waals surface area contributed by atoms with Crippen LogP contribution < -0.4 is 10.1 Å². The number of hydrogen-bond acceptors (Lipinski definition) is 4. The number of hydrogen-bond donors (Lipinski definition) is 1. The number of anilines is 1. The van der Waals surface area contributed by atoms with E-state index in [-0.39, 0.29) is 12.5 Å². The predicted molar refractivity (Wildman–Crippen MR) is 88.4 cm³/mol. The molecule has 0 unspecified atom stereocenters. The first-order valence-corrected chi connectivity index (χ1v) is 7.31. The third-order valence-electron chi connectivity index (χ3n) is 2.85. The van der Waals surface area contributed by atoms with Crippen LogP contribution in [-0.2, 0) is 9.53 Å². The number of halogens is 2. The topological polar surface area (TPSA) is 64.6 Å². The summed E-state index contributed by atoms with van der Waals surface area (Å²) in [6, 6.07) is 11.0. The van der Waals surface area contributed by atoms with Crippen LogP contribution in [0, 0.1) is 0 Å². The van der Waals surface area contributed by atoms with E-state index < -0.39 is 5.97 Å². The molecular formula is C16H13Cl2NO4. The van der Waals surface area contributed by atoms with Gasteiger partial charge in [0.15, 0.2) is 6.61 Å². The molecule has 7 heteroatoms. The van der Waals surface area contributed by atoms with Gasteiger partial charge in [0.2, 0.25) is 0 Å². The summed E-state index contributed by atoms with van der Waals surface area (Å²) in [6.45, 7) is -0.183. The Morgan fingerprint density at radius 3 is 2.35 bits per heavy atom.